The molecule has 0 aliphatic carbocycles. The van der Waals surface area contributed by atoms with Gasteiger partial charge < -0.3 is 19.6 Å². The molecule has 0 radical (unpaired) electrons. The monoisotopic (exact) mass is 762 g/mol. The van der Waals surface area contributed by atoms with Gasteiger partial charge in [0.15, 0.2) is 11.6 Å². The molecule has 4 amide bonds. The Kier molecular flexibility index (Phi) is 8.69. The van der Waals surface area contributed by atoms with E-state index in [1.54, 1.807) is 12.1 Å². The van der Waals surface area contributed by atoms with Gasteiger partial charge in [0.25, 0.3) is 11.8 Å². The van der Waals surface area contributed by atoms with Gasteiger partial charge in [0, 0.05) is 81.7 Å². The molecule has 0 saturated carbocycles. The minimum absolute atomic E-state index is 0.0937. The fourth-order valence-electron chi connectivity index (χ4n) is 9.44. The first-order valence-corrected chi connectivity index (χ1v) is 19.5. The normalized spacial score (nSPS) is 24.0. The van der Waals surface area contributed by atoms with Crippen molar-refractivity contribution in [1.29, 1.82) is 5.26 Å². The zero-order valence-corrected chi connectivity index (χ0v) is 31.7. The Balaban J connectivity index is 0.744. The lowest BCUT2D eigenvalue weighted by Crippen LogP contribution is -2.67. The minimum atomic E-state index is -0.971. The van der Waals surface area contributed by atoms with E-state index in [0.717, 1.165) is 93.0 Å². The molecule has 14 nitrogen and oxygen atoms in total. The van der Waals surface area contributed by atoms with Crippen LogP contribution in [-0.2, 0) is 9.59 Å². The third-order valence-corrected chi connectivity index (χ3v) is 13.3. The van der Waals surface area contributed by atoms with Crippen molar-refractivity contribution in [2.24, 2.45) is 5.41 Å². The molecule has 6 aliphatic heterocycles. The first-order valence-electron chi connectivity index (χ1n) is 19.1. The molecule has 5 saturated heterocycles. The molecule has 1 N–H and O–H groups in total. The summed E-state index contributed by atoms with van der Waals surface area (Å²) in [5.41, 5.74) is 3.31. The van der Waals surface area contributed by atoms with Gasteiger partial charge in [0.2, 0.25) is 11.8 Å². The summed E-state index contributed by atoms with van der Waals surface area (Å²) >= 11 is 6.37. The molecule has 1 spiro atoms. The number of nitrogens with zero attached hydrogens (tertiary/aromatic N) is 9. The third-order valence-electron chi connectivity index (χ3n) is 12.9. The number of fused-ring (bicyclic) bond motifs is 1. The van der Waals surface area contributed by atoms with E-state index in [4.69, 9.17) is 11.6 Å². The van der Waals surface area contributed by atoms with Crippen LogP contribution in [0.15, 0.2) is 48.5 Å². The van der Waals surface area contributed by atoms with Gasteiger partial charge in [-0.1, -0.05) is 11.6 Å². The van der Waals surface area contributed by atoms with Gasteiger partial charge in [-0.3, -0.25) is 34.3 Å². The number of likely N-dealkylation sites (N-methyl/N-ethyl adjacent to an activating group) is 1. The van der Waals surface area contributed by atoms with Crippen molar-refractivity contribution < 1.29 is 19.2 Å². The maximum absolute atomic E-state index is 13.3. The van der Waals surface area contributed by atoms with E-state index in [0.29, 0.717) is 39.8 Å². The number of benzene rings is 2. The first kappa shape index (κ1) is 35.4. The van der Waals surface area contributed by atoms with Crippen molar-refractivity contribution in [2.75, 3.05) is 72.5 Å². The molecule has 7 heterocycles. The van der Waals surface area contributed by atoms with Crippen molar-refractivity contribution in [3.8, 4) is 6.07 Å². The number of carbonyl (C=O) groups excluding carboxylic acids is 4. The zero-order chi connectivity index (χ0) is 38.2. The summed E-state index contributed by atoms with van der Waals surface area (Å²) < 4.78 is 0. The predicted molar refractivity (Wildman–Crippen MR) is 206 cm³/mol. The number of amides is 4. The summed E-state index contributed by atoms with van der Waals surface area (Å²) in [5, 5.41) is 21.3. The Hall–Kier alpha value is -5.26. The fraction of sp³-hybridized carbons (Fsp3) is 0.475. The van der Waals surface area contributed by atoms with Crippen molar-refractivity contribution in [3.63, 3.8) is 0 Å². The summed E-state index contributed by atoms with van der Waals surface area (Å²) in [6, 6.07) is 17.6. The van der Waals surface area contributed by atoms with Crippen LogP contribution in [-0.4, -0.2) is 121 Å². The molecule has 5 fully saturated rings. The maximum atomic E-state index is 13.3. The van der Waals surface area contributed by atoms with E-state index >= 15 is 0 Å². The average Bonchev–Trinajstić information content (AvgIpc) is 3.58. The quantitative estimate of drug-likeness (QED) is 0.352. The van der Waals surface area contributed by atoms with Crippen molar-refractivity contribution in [1.82, 2.24) is 25.3 Å². The number of rotatable bonds is 7. The largest absolute Gasteiger partial charge is 0.368 e. The van der Waals surface area contributed by atoms with Crippen molar-refractivity contribution >= 4 is 58.2 Å². The summed E-state index contributed by atoms with van der Waals surface area (Å²) in [7, 11) is 2.16. The van der Waals surface area contributed by atoms with E-state index in [1.165, 1.54) is 0 Å². The van der Waals surface area contributed by atoms with Gasteiger partial charge in [0.05, 0.1) is 21.7 Å². The van der Waals surface area contributed by atoms with E-state index in [2.05, 4.69) is 72.2 Å². The Morgan fingerprint density at radius 3 is 2.16 bits per heavy atom. The zero-order valence-electron chi connectivity index (χ0n) is 30.9. The lowest BCUT2D eigenvalue weighted by molar-refractivity contribution is -0.136. The van der Waals surface area contributed by atoms with E-state index < -0.39 is 29.7 Å². The summed E-state index contributed by atoms with van der Waals surface area (Å²) in [4.78, 5) is 63.1. The van der Waals surface area contributed by atoms with E-state index in [1.807, 2.05) is 24.3 Å². The lowest BCUT2D eigenvalue weighted by Gasteiger charge is -2.52. The second kappa shape index (κ2) is 13.5. The molecule has 3 aromatic rings. The number of carbonyl (C=O) groups is 4. The van der Waals surface area contributed by atoms with Gasteiger partial charge in [0.1, 0.15) is 12.1 Å². The van der Waals surface area contributed by atoms with Crippen LogP contribution in [0.25, 0.3) is 0 Å². The summed E-state index contributed by atoms with van der Waals surface area (Å²) in [6.07, 6.45) is 3.55. The van der Waals surface area contributed by atoms with Gasteiger partial charge in [-0.05, 0) is 93.6 Å². The topological polar surface area (TPSA) is 149 Å². The van der Waals surface area contributed by atoms with Crippen LogP contribution < -0.4 is 24.9 Å². The number of halogens is 1. The highest BCUT2D eigenvalue weighted by atomic mass is 35.5. The summed E-state index contributed by atoms with van der Waals surface area (Å²) in [6.45, 7) is 8.51. The second-order valence-electron chi connectivity index (χ2n) is 16.2. The molecule has 9 rings (SSSR count). The molecule has 1 unspecified atom stereocenters. The SMILES string of the molecule is C[C@H]1CC2(CCN(c3ccc(N4CC(N(C)C5CN(c6ccc7c(c6)C(=O)N(C6CCC(=O)NC6=O)C7=O)C5)C4)nn3)CC2)CN1c1ccc(C#N)c(Cl)c1. The molecule has 2 atom stereocenters. The van der Waals surface area contributed by atoms with Crippen LogP contribution >= 0.6 is 11.6 Å². The van der Waals surface area contributed by atoms with Gasteiger partial charge in [-0.15, -0.1) is 10.2 Å². The standard InChI is InChI=1S/C40H43ClN10O4/c1-24-17-40(23-50(24)27-4-3-25(18-42)32(41)16-27)11-13-47(14-12-40)34-8-9-35(45-44-34)49-21-29(22-49)46(2)28-19-48(20-28)26-5-6-30-31(15-26)39(55)51(38(30)54)33-7-10-36(52)43-37(33)53/h3-6,8-9,15-16,24,28-29,33H,7,10-14,17,19-23H2,1-2H3,(H,43,52,53)/t24-,33?/m0/s1. The van der Waals surface area contributed by atoms with E-state index in [-0.39, 0.29) is 18.3 Å². The van der Waals surface area contributed by atoms with Gasteiger partial charge in [-0.25, -0.2) is 0 Å². The van der Waals surface area contributed by atoms with Crippen LogP contribution in [0, 0.1) is 16.7 Å². The summed E-state index contributed by atoms with van der Waals surface area (Å²) in [5.74, 6) is -0.161. The van der Waals surface area contributed by atoms with Gasteiger partial charge >= 0.3 is 0 Å². The smallest absolute Gasteiger partial charge is 0.262 e. The Morgan fingerprint density at radius 1 is 0.855 bits per heavy atom. The fourth-order valence-corrected chi connectivity index (χ4v) is 9.66. The van der Waals surface area contributed by atoms with Crippen LogP contribution in [0.5, 0.6) is 0 Å². The minimum Gasteiger partial charge on any atom is -0.368 e. The highest BCUT2D eigenvalue weighted by Gasteiger charge is 2.47. The van der Waals surface area contributed by atoms with Crippen LogP contribution in [0.4, 0.5) is 23.0 Å². The maximum Gasteiger partial charge on any atom is 0.262 e. The van der Waals surface area contributed by atoms with Crippen LogP contribution in [0.2, 0.25) is 5.02 Å². The molecule has 6 aliphatic rings. The molecule has 1 aromatic heterocycles. The molecule has 0 bridgehead atoms. The highest BCUT2D eigenvalue weighted by molar-refractivity contribution is 6.32. The van der Waals surface area contributed by atoms with Crippen LogP contribution in [0.3, 0.4) is 0 Å². The Labute approximate surface area is 324 Å². The molecular weight excluding hydrogens is 720 g/mol. The second-order valence-corrected chi connectivity index (χ2v) is 16.6. The molecule has 55 heavy (non-hydrogen) atoms. The number of nitrogens with one attached hydrogen (secondary N) is 1. The lowest BCUT2D eigenvalue weighted by atomic mass is 9.77. The molecule has 2 aromatic carbocycles. The number of aromatic nitrogens is 2. The number of hydrogen-bond acceptors (Lipinski definition) is 12. The number of anilines is 4. The van der Waals surface area contributed by atoms with Crippen molar-refractivity contribution in [2.45, 2.75) is 63.2 Å². The Morgan fingerprint density at radius 2 is 1.51 bits per heavy atom. The number of piperidine rings is 2. The number of imide groups is 2. The first-order chi connectivity index (χ1) is 26.5. The molecule has 15 heteroatoms. The average molecular weight is 763 g/mol. The number of nitriles is 1. The van der Waals surface area contributed by atoms with Crippen LogP contribution in [0.1, 0.15) is 65.3 Å². The third kappa shape index (κ3) is 6.14. The predicted octanol–water partition coefficient (Wildman–Crippen LogP) is 3.30. The van der Waals surface area contributed by atoms with Crippen molar-refractivity contribution in [3.05, 3.63) is 70.2 Å². The Bertz CT molecular complexity index is 2120. The van der Waals surface area contributed by atoms with Gasteiger partial charge in [-0.2, -0.15) is 5.26 Å². The number of hydrogen-bond donors (Lipinski definition) is 1. The molecular formula is C40H43ClN10O4. The van der Waals surface area contributed by atoms with E-state index in [9.17, 15) is 24.4 Å². The highest BCUT2D eigenvalue weighted by Crippen LogP contribution is 2.46. The molecule has 284 valence electrons.